The Labute approximate surface area is 203 Å². The number of benzene rings is 4. The Morgan fingerprint density at radius 2 is 1.46 bits per heavy atom. The standard InChI is InChI=1S/C26H17NO4.C3H9N/c28-26(29)22-9-5-4-8-21(22)25-27-23-15-14-20(16-24(23)31-25)30-19-12-10-18(11-13-19)17-6-2-1-3-7-17;1-3(2)4/h1-16H,(H,28,29);3H,4H2,1-2H3. The first-order valence-corrected chi connectivity index (χ1v) is 11.2. The maximum absolute atomic E-state index is 11.5. The van der Waals surface area contributed by atoms with E-state index in [4.69, 9.17) is 14.9 Å². The third kappa shape index (κ3) is 5.93. The molecule has 0 radical (unpaired) electrons. The summed E-state index contributed by atoms with van der Waals surface area (Å²) in [6.07, 6.45) is 0. The lowest BCUT2D eigenvalue weighted by Gasteiger charge is -2.07. The molecular formula is C29H26N2O4. The number of carbonyl (C=O) groups is 1. The van der Waals surface area contributed by atoms with Crippen molar-refractivity contribution < 1.29 is 19.1 Å². The summed E-state index contributed by atoms with van der Waals surface area (Å²) in [6, 6.07) is 30.3. The van der Waals surface area contributed by atoms with Crippen LogP contribution in [0.3, 0.4) is 0 Å². The van der Waals surface area contributed by atoms with E-state index in [1.54, 1.807) is 30.3 Å². The summed E-state index contributed by atoms with van der Waals surface area (Å²) in [6.45, 7) is 3.89. The summed E-state index contributed by atoms with van der Waals surface area (Å²) < 4.78 is 11.8. The van der Waals surface area contributed by atoms with Gasteiger partial charge in [-0.1, -0.05) is 68.4 Å². The van der Waals surface area contributed by atoms with Crippen LogP contribution in [0.5, 0.6) is 11.5 Å². The summed E-state index contributed by atoms with van der Waals surface area (Å²) >= 11 is 0. The van der Waals surface area contributed by atoms with Gasteiger partial charge in [0.2, 0.25) is 5.89 Å². The van der Waals surface area contributed by atoms with E-state index in [2.05, 4.69) is 17.1 Å². The van der Waals surface area contributed by atoms with Gasteiger partial charge in [-0.25, -0.2) is 9.78 Å². The average molecular weight is 467 g/mol. The summed E-state index contributed by atoms with van der Waals surface area (Å²) in [5.74, 6) is 0.544. The van der Waals surface area contributed by atoms with E-state index >= 15 is 0 Å². The molecule has 0 amide bonds. The third-order valence-electron chi connectivity index (χ3n) is 4.94. The van der Waals surface area contributed by atoms with E-state index in [9.17, 15) is 9.90 Å². The number of oxazole rings is 1. The van der Waals surface area contributed by atoms with E-state index in [0.29, 0.717) is 34.2 Å². The van der Waals surface area contributed by atoms with Crippen molar-refractivity contribution in [1.82, 2.24) is 4.98 Å². The number of ether oxygens (including phenoxy) is 1. The van der Waals surface area contributed by atoms with Crippen LogP contribution in [0.1, 0.15) is 24.2 Å². The number of rotatable bonds is 5. The van der Waals surface area contributed by atoms with Crippen molar-refractivity contribution >= 4 is 17.1 Å². The molecule has 6 heteroatoms. The van der Waals surface area contributed by atoms with E-state index in [1.807, 2.05) is 62.4 Å². The van der Waals surface area contributed by atoms with Crippen LogP contribution in [0.15, 0.2) is 101 Å². The van der Waals surface area contributed by atoms with Crippen molar-refractivity contribution in [3.63, 3.8) is 0 Å². The van der Waals surface area contributed by atoms with Gasteiger partial charge >= 0.3 is 5.97 Å². The Morgan fingerprint density at radius 3 is 2.14 bits per heavy atom. The van der Waals surface area contributed by atoms with Gasteiger partial charge in [0.1, 0.15) is 17.0 Å². The zero-order chi connectivity index (χ0) is 24.8. The highest BCUT2D eigenvalue weighted by molar-refractivity contribution is 5.95. The smallest absolute Gasteiger partial charge is 0.336 e. The van der Waals surface area contributed by atoms with Gasteiger partial charge in [0.05, 0.1) is 11.1 Å². The van der Waals surface area contributed by atoms with E-state index in [1.165, 1.54) is 6.07 Å². The van der Waals surface area contributed by atoms with Gasteiger partial charge in [-0.05, 0) is 53.6 Å². The molecule has 0 bridgehead atoms. The highest BCUT2D eigenvalue weighted by Crippen LogP contribution is 2.31. The lowest BCUT2D eigenvalue weighted by atomic mass is 10.1. The van der Waals surface area contributed by atoms with Gasteiger partial charge < -0.3 is 20.0 Å². The summed E-state index contributed by atoms with van der Waals surface area (Å²) in [7, 11) is 0. The minimum absolute atomic E-state index is 0.143. The molecule has 0 atom stereocenters. The fourth-order valence-electron chi connectivity index (χ4n) is 3.42. The van der Waals surface area contributed by atoms with Gasteiger partial charge in [0.25, 0.3) is 0 Å². The number of aromatic nitrogens is 1. The lowest BCUT2D eigenvalue weighted by molar-refractivity contribution is 0.0697. The molecule has 0 fully saturated rings. The van der Waals surface area contributed by atoms with Crippen molar-refractivity contribution in [2.45, 2.75) is 19.9 Å². The van der Waals surface area contributed by atoms with Crippen LogP contribution in [-0.4, -0.2) is 22.1 Å². The second-order valence-corrected chi connectivity index (χ2v) is 8.24. The van der Waals surface area contributed by atoms with Crippen LogP contribution < -0.4 is 10.5 Å². The van der Waals surface area contributed by atoms with E-state index < -0.39 is 5.97 Å². The molecule has 0 spiro atoms. The molecule has 6 nitrogen and oxygen atoms in total. The van der Waals surface area contributed by atoms with E-state index in [-0.39, 0.29) is 11.5 Å². The molecule has 0 saturated carbocycles. The number of carboxylic acid groups (broad SMARTS) is 1. The first-order valence-electron chi connectivity index (χ1n) is 11.2. The minimum atomic E-state index is -1.03. The average Bonchev–Trinajstić information content (AvgIpc) is 3.28. The fourth-order valence-corrected chi connectivity index (χ4v) is 3.42. The SMILES string of the molecule is CC(C)N.O=C(O)c1ccccc1-c1nc2ccc(Oc3ccc(-c4ccccc4)cc3)cc2o1. The summed E-state index contributed by atoms with van der Waals surface area (Å²) in [5.41, 5.74) is 9.09. The Kier molecular flexibility index (Phi) is 7.24. The number of hydrogen-bond acceptors (Lipinski definition) is 5. The van der Waals surface area contributed by atoms with Crippen LogP contribution in [0.25, 0.3) is 33.7 Å². The molecule has 5 rings (SSSR count). The molecule has 0 saturated heterocycles. The predicted molar refractivity (Wildman–Crippen MR) is 138 cm³/mol. The van der Waals surface area contributed by atoms with Gasteiger partial charge in [-0.2, -0.15) is 0 Å². The van der Waals surface area contributed by atoms with Gasteiger partial charge in [-0.3, -0.25) is 0 Å². The zero-order valence-corrected chi connectivity index (χ0v) is 19.5. The highest BCUT2D eigenvalue weighted by atomic mass is 16.5. The minimum Gasteiger partial charge on any atom is -0.478 e. The Morgan fingerprint density at radius 1 is 0.857 bits per heavy atom. The van der Waals surface area contributed by atoms with Crippen molar-refractivity contribution in [3.8, 4) is 34.1 Å². The summed E-state index contributed by atoms with van der Waals surface area (Å²) in [4.78, 5) is 15.9. The number of hydrogen-bond donors (Lipinski definition) is 2. The number of nitrogens with two attached hydrogens (primary N) is 1. The van der Waals surface area contributed by atoms with Gasteiger partial charge in [0, 0.05) is 6.07 Å². The summed E-state index contributed by atoms with van der Waals surface area (Å²) in [5, 5.41) is 9.41. The molecular weight excluding hydrogens is 440 g/mol. The topological polar surface area (TPSA) is 98.6 Å². The first kappa shape index (κ1) is 23.7. The second-order valence-electron chi connectivity index (χ2n) is 8.24. The number of nitrogens with zero attached hydrogens (tertiary/aromatic N) is 1. The molecule has 0 aliphatic rings. The third-order valence-corrected chi connectivity index (χ3v) is 4.94. The molecule has 35 heavy (non-hydrogen) atoms. The van der Waals surface area contributed by atoms with E-state index in [0.717, 1.165) is 11.1 Å². The predicted octanol–water partition coefficient (Wildman–Crippen LogP) is 7.01. The molecule has 5 aromatic rings. The molecule has 0 unspecified atom stereocenters. The van der Waals surface area contributed by atoms with Crippen LogP contribution in [0, 0.1) is 0 Å². The van der Waals surface area contributed by atoms with Gasteiger partial charge in [-0.15, -0.1) is 0 Å². The van der Waals surface area contributed by atoms with Crippen molar-refractivity contribution in [2.75, 3.05) is 0 Å². The molecule has 176 valence electrons. The van der Waals surface area contributed by atoms with Crippen LogP contribution in [0.2, 0.25) is 0 Å². The number of fused-ring (bicyclic) bond motifs is 1. The fraction of sp³-hybridized carbons (Fsp3) is 0.103. The maximum Gasteiger partial charge on any atom is 0.336 e. The largest absolute Gasteiger partial charge is 0.478 e. The van der Waals surface area contributed by atoms with Crippen LogP contribution >= 0.6 is 0 Å². The molecule has 3 N–H and O–H groups in total. The van der Waals surface area contributed by atoms with Crippen molar-refractivity contribution in [3.05, 3.63) is 103 Å². The van der Waals surface area contributed by atoms with Crippen LogP contribution in [-0.2, 0) is 0 Å². The zero-order valence-electron chi connectivity index (χ0n) is 19.5. The first-order chi connectivity index (χ1) is 16.9. The Bertz CT molecular complexity index is 1420. The second kappa shape index (κ2) is 10.7. The van der Waals surface area contributed by atoms with Crippen molar-refractivity contribution in [2.24, 2.45) is 5.73 Å². The highest BCUT2D eigenvalue weighted by Gasteiger charge is 2.16. The Balaban J connectivity index is 0.000000672. The normalized spacial score (nSPS) is 10.6. The molecule has 1 aromatic heterocycles. The maximum atomic E-state index is 11.5. The number of carboxylic acids is 1. The molecule has 1 heterocycles. The number of aromatic carboxylic acids is 1. The Hall–Kier alpha value is -4.42. The molecule has 0 aliphatic heterocycles. The van der Waals surface area contributed by atoms with Crippen molar-refractivity contribution in [1.29, 1.82) is 0 Å². The molecule has 0 aliphatic carbocycles. The molecule has 4 aromatic carbocycles. The van der Waals surface area contributed by atoms with Crippen LogP contribution in [0.4, 0.5) is 0 Å². The quantitative estimate of drug-likeness (QED) is 0.289. The monoisotopic (exact) mass is 466 g/mol. The lowest BCUT2D eigenvalue weighted by Crippen LogP contribution is -2.06. The van der Waals surface area contributed by atoms with Gasteiger partial charge in [0.15, 0.2) is 5.58 Å².